The first-order valence-electron chi connectivity index (χ1n) is 6.24. The molecule has 0 saturated heterocycles. The first kappa shape index (κ1) is 15.1. The lowest BCUT2D eigenvalue weighted by atomic mass is 10.2. The molecule has 8 heteroatoms. The molecule has 0 atom stereocenters. The van der Waals surface area contributed by atoms with Crippen molar-refractivity contribution < 1.29 is 18.3 Å². The first-order chi connectivity index (χ1) is 10.3. The van der Waals surface area contributed by atoms with Crippen LogP contribution < -0.4 is 9.21 Å². The minimum absolute atomic E-state index is 0.0223. The number of hydrogen-bond acceptors (Lipinski definition) is 4. The van der Waals surface area contributed by atoms with Gasteiger partial charge >= 0.3 is 6.03 Å². The summed E-state index contributed by atoms with van der Waals surface area (Å²) in [5.41, 5.74) is 0.433. The van der Waals surface area contributed by atoms with Gasteiger partial charge in [0, 0.05) is 16.7 Å². The number of benzene rings is 2. The number of carbonyl (C=O) groups is 1. The number of carbonyl (C=O) groups excluding carboxylic acids is 1. The van der Waals surface area contributed by atoms with Gasteiger partial charge < -0.3 is 5.11 Å². The number of sulfonamides is 1. The molecule has 0 bridgehead atoms. The smallest absolute Gasteiger partial charge is 0.342 e. The molecule has 0 aliphatic carbocycles. The molecule has 0 radical (unpaired) electrons. The van der Waals surface area contributed by atoms with E-state index < -0.39 is 16.1 Å². The number of phenols is 1. The predicted molar refractivity (Wildman–Crippen MR) is 90.7 cm³/mol. The minimum Gasteiger partial charge on any atom is -0.508 e. The lowest BCUT2D eigenvalue weighted by molar-refractivity contribution is 0.255. The van der Waals surface area contributed by atoms with E-state index in [4.69, 9.17) is 0 Å². The monoisotopic (exact) mass is 430 g/mol. The van der Waals surface area contributed by atoms with Crippen molar-refractivity contribution in [2.24, 2.45) is 0 Å². The van der Waals surface area contributed by atoms with E-state index in [0.717, 1.165) is 7.88 Å². The van der Waals surface area contributed by atoms with E-state index in [9.17, 15) is 18.3 Å². The molecule has 0 spiro atoms. The van der Waals surface area contributed by atoms with Crippen LogP contribution in [0.1, 0.15) is 0 Å². The third kappa shape index (κ3) is 2.22. The predicted octanol–water partition coefficient (Wildman–Crippen LogP) is 2.76. The molecule has 0 saturated carbocycles. The maximum absolute atomic E-state index is 12.8. The van der Waals surface area contributed by atoms with Gasteiger partial charge in [-0.05, 0) is 59.0 Å². The Morgan fingerprint density at radius 2 is 1.73 bits per heavy atom. The molecule has 0 aromatic heterocycles. The summed E-state index contributed by atoms with van der Waals surface area (Å²) in [6, 6.07) is 9.76. The van der Waals surface area contributed by atoms with Gasteiger partial charge in [-0.15, -0.1) is 0 Å². The van der Waals surface area contributed by atoms with E-state index in [-0.39, 0.29) is 22.0 Å². The van der Waals surface area contributed by atoms with Gasteiger partial charge in [0.25, 0.3) is 10.0 Å². The van der Waals surface area contributed by atoms with Crippen LogP contribution in [0, 0.1) is 3.57 Å². The van der Waals surface area contributed by atoms with Crippen molar-refractivity contribution in [2.45, 2.75) is 4.90 Å². The lowest BCUT2D eigenvalue weighted by Crippen LogP contribution is -2.49. The third-order valence-electron chi connectivity index (χ3n) is 3.34. The Morgan fingerprint density at radius 1 is 1.09 bits per heavy atom. The van der Waals surface area contributed by atoms with Crippen molar-refractivity contribution >= 4 is 50.0 Å². The Labute approximate surface area is 141 Å². The molecule has 2 aromatic rings. The normalized spacial score (nSPS) is 16.5. The summed E-state index contributed by atoms with van der Waals surface area (Å²) in [7, 11) is -2.55. The van der Waals surface area contributed by atoms with Crippen LogP contribution >= 0.6 is 22.6 Å². The van der Waals surface area contributed by atoms with E-state index in [0.29, 0.717) is 0 Å². The number of fused-ring (bicyclic) bond motifs is 1. The Hall–Kier alpha value is -1.81. The molecule has 2 aromatic carbocycles. The van der Waals surface area contributed by atoms with Gasteiger partial charge in [-0.3, -0.25) is 4.90 Å². The van der Waals surface area contributed by atoms with Crippen molar-refractivity contribution in [3.8, 4) is 5.75 Å². The summed E-state index contributed by atoms with van der Waals surface area (Å²) in [6.07, 6.45) is 0. The second kappa shape index (κ2) is 5.13. The molecule has 0 unspecified atom stereocenters. The van der Waals surface area contributed by atoms with E-state index >= 15 is 0 Å². The number of halogens is 1. The van der Waals surface area contributed by atoms with Crippen LogP contribution in [0.25, 0.3) is 0 Å². The molecule has 1 aliphatic rings. The highest BCUT2D eigenvalue weighted by atomic mass is 127. The summed E-state index contributed by atoms with van der Waals surface area (Å²) in [4.78, 5) is 13.7. The fourth-order valence-corrected chi connectivity index (χ4v) is 4.24. The van der Waals surface area contributed by atoms with E-state index in [2.05, 4.69) is 22.6 Å². The van der Waals surface area contributed by atoms with Crippen LogP contribution in [0.5, 0.6) is 5.75 Å². The molecule has 1 N–H and O–H groups in total. The number of aromatic hydroxyl groups is 1. The number of amides is 2. The molecule has 1 heterocycles. The van der Waals surface area contributed by atoms with Crippen molar-refractivity contribution in [3.05, 3.63) is 46.0 Å². The summed E-state index contributed by atoms with van der Waals surface area (Å²) >= 11 is 2.10. The van der Waals surface area contributed by atoms with Gasteiger partial charge in [-0.2, -0.15) is 4.31 Å². The molecule has 3 rings (SSSR count). The van der Waals surface area contributed by atoms with Gasteiger partial charge in [0.2, 0.25) is 0 Å². The third-order valence-corrected chi connectivity index (χ3v) is 5.81. The van der Waals surface area contributed by atoms with Crippen molar-refractivity contribution in [3.63, 3.8) is 0 Å². The highest BCUT2D eigenvalue weighted by Crippen LogP contribution is 2.38. The molecule has 114 valence electrons. The average molecular weight is 430 g/mol. The maximum Gasteiger partial charge on any atom is 0.342 e. The van der Waals surface area contributed by atoms with Crippen LogP contribution in [-0.4, -0.2) is 26.6 Å². The number of urea groups is 1. The summed E-state index contributed by atoms with van der Waals surface area (Å²) in [6.45, 7) is 0. The molecule has 22 heavy (non-hydrogen) atoms. The summed E-state index contributed by atoms with van der Waals surface area (Å²) in [5, 5.41) is 9.53. The maximum atomic E-state index is 12.8. The molecule has 0 fully saturated rings. The lowest BCUT2D eigenvalue weighted by Gasteiger charge is -2.34. The number of nitrogens with zero attached hydrogens (tertiary/aromatic N) is 2. The van der Waals surface area contributed by atoms with Crippen molar-refractivity contribution in [1.29, 1.82) is 0 Å². The second-order valence-electron chi connectivity index (χ2n) is 4.74. The highest BCUT2D eigenvalue weighted by molar-refractivity contribution is 14.1. The number of rotatable bonds is 1. The fraction of sp³-hybridized carbons (Fsp3) is 0.0714. The first-order valence-corrected chi connectivity index (χ1v) is 8.76. The number of anilines is 2. The topological polar surface area (TPSA) is 77.9 Å². The average Bonchev–Trinajstić information content (AvgIpc) is 2.47. The van der Waals surface area contributed by atoms with Crippen molar-refractivity contribution in [2.75, 3.05) is 16.3 Å². The summed E-state index contributed by atoms with van der Waals surface area (Å²) in [5.74, 6) is -0.101. The van der Waals surface area contributed by atoms with Gasteiger partial charge in [0.15, 0.2) is 0 Å². The molecule has 6 nitrogen and oxygen atoms in total. The molecule has 2 amide bonds. The van der Waals surface area contributed by atoms with Gasteiger partial charge in [0.05, 0.1) is 11.4 Å². The van der Waals surface area contributed by atoms with Gasteiger partial charge in [-0.1, -0.05) is 0 Å². The van der Waals surface area contributed by atoms with Crippen LogP contribution in [0.3, 0.4) is 0 Å². The van der Waals surface area contributed by atoms with E-state index in [1.807, 2.05) is 0 Å². The Balaban J connectivity index is 2.23. The van der Waals surface area contributed by atoms with Crippen LogP contribution in [-0.2, 0) is 10.0 Å². The van der Waals surface area contributed by atoms with E-state index in [1.54, 1.807) is 24.3 Å². The largest absolute Gasteiger partial charge is 0.508 e. The Morgan fingerprint density at radius 3 is 2.36 bits per heavy atom. The highest BCUT2D eigenvalue weighted by Gasteiger charge is 2.41. The number of phenolic OH excluding ortho intramolecular Hbond substituents is 1. The molecular weight excluding hydrogens is 419 g/mol. The Kier molecular flexibility index (Phi) is 3.52. The SMILES string of the molecule is CN1C(=O)N(c2ccc(I)cc2)S(=O)(=O)c2ccc(O)cc21. The zero-order chi connectivity index (χ0) is 16.1. The second-order valence-corrected chi connectivity index (χ2v) is 7.74. The summed E-state index contributed by atoms with van der Waals surface area (Å²) < 4.78 is 27.2. The van der Waals surface area contributed by atoms with Crippen molar-refractivity contribution in [1.82, 2.24) is 0 Å². The zero-order valence-corrected chi connectivity index (χ0v) is 14.4. The Bertz CT molecular complexity index is 865. The van der Waals surface area contributed by atoms with Crippen LogP contribution in [0.2, 0.25) is 0 Å². The molecular formula is C14H11IN2O4S. The quantitative estimate of drug-likeness (QED) is 0.706. The molecule has 1 aliphatic heterocycles. The van der Waals surface area contributed by atoms with Gasteiger partial charge in [0.1, 0.15) is 10.6 Å². The fourth-order valence-electron chi connectivity index (χ4n) is 2.25. The zero-order valence-electron chi connectivity index (χ0n) is 11.4. The van der Waals surface area contributed by atoms with Gasteiger partial charge in [-0.25, -0.2) is 13.2 Å². The minimum atomic E-state index is -4.02. The number of hydrogen-bond donors (Lipinski definition) is 1. The standard InChI is InChI=1S/C14H11IN2O4S/c1-16-12-8-11(18)6-7-13(12)22(20,21)17(14(16)19)10-4-2-9(15)3-5-10/h2-8,18H,1H3. The van der Waals surface area contributed by atoms with Crippen LogP contribution in [0.15, 0.2) is 47.4 Å². The van der Waals surface area contributed by atoms with Crippen LogP contribution in [0.4, 0.5) is 16.2 Å². The van der Waals surface area contributed by atoms with E-state index in [1.165, 1.54) is 30.1 Å².